The van der Waals surface area contributed by atoms with Crippen LogP contribution in [0.3, 0.4) is 0 Å². The summed E-state index contributed by atoms with van der Waals surface area (Å²) in [6.07, 6.45) is 3.10. The normalized spacial score (nSPS) is 12.5. The first-order valence-corrected chi connectivity index (χ1v) is 6.93. The second-order valence-electron chi connectivity index (χ2n) is 5.99. The summed E-state index contributed by atoms with van der Waals surface area (Å²) < 4.78 is 0. The minimum atomic E-state index is 0.0921. The van der Waals surface area contributed by atoms with Gasteiger partial charge < -0.3 is 10.1 Å². The van der Waals surface area contributed by atoms with Gasteiger partial charge >= 0.3 is 0 Å². The molecule has 0 spiro atoms. The third-order valence-corrected chi connectivity index (χ3v) is 3.64. The molecule has 1 aromatic heterocycles. The van der Waals surface area contributed by atoms with Gasteiger partial charge in [-0.3, -0.25) is 4.90 Å². The summed E-state index contributed by atoms with van der Waals surface area (Å²) in [4.78, 5) is 5.64. The molecule has 3 heteroatoms. The fourth-order valence-electron chi connectivity index (χ4n) is 2.50. The monoisotopic (exact) mass is 260 g/mol. The molecule has 2 rings (SSSR count). The largest absolute Gasteiger partial charge is 0.395 e. The third kappa shape index (κ3) is 3.37. The third-order valence-electron chi connectivity index (χ3n) is 3.64. The predicted molar refractivity (Wildman–Crippen MR) is 80.4 cm³/mol. The maximum atomic E-state index is 9.18. The van der Waals surface area contributed by atoms with Crippen LogP contribution in [-0.2, 0) is 6.42 Å². The Kier molecular flexibility index (Phi) is 4.27. The SMILES string of the molecule is CC(C)(C)N(CCO)CCc1c[nH]c2ccccc12. The Morgan fingerprint density at radius 3 is 2.58 bits per heavy atom. The van der Waals surface area contributed by atoms with Gasteiger partial charge in [0.1, 0.15) is 0 Å². The van der Waals surface area contributed by atoms with Gasteiger partial charge in [-0.05, 0) is 38.8 Å². The molecule has 0 bridgehead atoms. The van der Waals surface area contributed by atoms with Gasteiger partial charge in [0.15, 0.2) is 0 Å². The van der Waals surface area contributed by atoms with E-state index in [4.69, 9.17) is 0 Å². The number of H-pyrrole nitrogens is 1. The molecule has 0 aliphatic rings. The summed E-state index contributed by atoms with van der Waals surface area (Å²) in [6.45, 7) is 8.48. The van der Waals surface area contributed by atoms with Gasteiger partial charge in [-0.2, -0.15) is 0 Å². The van der Waals surface area contributed by atoms with Gasteiger partial charge in [-0.15, -0.1) is 0 Å². The van der Waals surface area contributed by atoms with Crippen molar-refractivity contribution < 1.29 is 5.11 Å². The smallest absolute Gasteiger partial charge is 0.0558 e. The minimum absolute atomic E-state index is 0.0921. The highest BCUT2D eigenvalue weighted by Gasteiger charge is 2.20. The molecule has 19 heavy (non-hydrogen) atoms. The van der Waals surface area contributed by atoms with E-state index in [1.165, 1.54) is 16.5 Å². The number of aliphatic hydroxyl groups excluding tert-OH is 1. The molecule has 1 heterocycles. The lowest BCUT2D eigenvalue weighted by Crippen LogP contribution is -2.44. The number of para-hydroxylation sites is 1. The molecule has 104 valence electrons. The molecule has 0 amide bonds. The van der Waals surface area contributed by atoms with Crippen LogP contribution in [-0.4, -0.2) is 40.2 Å². The van der Waals surface area contributed by atoms with Gasteiger partial charge in [0.25, 0.3) is 0 Å². The van der Waals surface area contributed by atoms with Gasteiger partial charge in [0.2, 0.25) is 0 Å². The van der Waals surface area contributed by atoms with Crippen molar-refractivity contribution in [2.75, 3.05) is 19.7 Å². The first kappa shape index (κ1) is 14.1. The van der Waals surface area contributed by atoms with Crippen molar-refractivity contribution in [1.82, 2.24) is 9.88 Å². The van der Waals surface area contributed by atoms with E-state index in [2.05, 4.69) is 61.1 Å². The second-order valence-corrected chi connectivity index (χ2v) is 5.99. The number of β-amino-alcohol motifs (C(OH)–C–C–N with tert-alkyl or cyclic N) is 1. The second kappa shape index (κ2) is 5.76. The van der Waals surface area contributed by atoms with Crippen molar-refractivity contribution in [2.45, 2.75) is 32.7 Å². The number of fused-ring (bicyclic) bond motifs is 1. The topological polar surface area (TPSA) is 39.3 Å². The van der Waals surface area contributed by atoms with Crippen molar-refractivity contribution in [2.24, 2.45) is 0 Å². The average Bonchev–Trinajstić information content (AvgIpc) is 2.76. The maximum absolute atomic E-state index is 9.18. The molecule has 0 aliphatic carbocycles. The lowest BCUT2D eigenvalue weighted by molar-refractivity contribution is 0.107. The molecule has 3 nitrogen and oxygen atoms in total. The molecular weight excluding hydrogens is 236 g/mol. The highest BCUT2D eigenvalue weighted by molar-refractivity contribution is 5.83. The molecule has 0 unspecified atom stereocenters. The highest BCUT2D eigenvalue weighted by Crippen LogP contribution is 2.20. The average molecular weight is 260 g/mol. The van der Waals surface area contributed by atoms with E-state index < -0.39 is 0 Å². The molecule has 0 radical (unpaired) electrons. The Morgan fingerprint density at radius 2 is 1.89 bits per heavy atom. The van der Waals surface area contributed by atoms with Gasteiger partial charge in [0, 0.05) is 35.7 Å². The van der Waals surface area contributed by atoms with Crippen molar-refractivity contribution in [3.8, 4) is 0 Å². The van der Waals surface area contributed by atoms with Crippen LogP contribution in [0, 0.1) is 0 Å². The number of benzene rings is 1. The number of nitrogens with zero attached hydrogens (tertiary/aromatic N) is 1. The number of aromatic amines is 1. The van der Waals surface area contributed by atoms with E-state index in [-0.39, 0.29) is 12.1 Å². The van der Waals surface area contributed by atoms with Gasteiger partial charge in [-0.1, -0.05) is 18.2 Å². The molecule has 0 aliphatic heterocycles. The van der Waals surface area contributed by atoms with Crippen LogP contribution in [0.5, 0.6) is 0 Å². The first-order valence-electron chi connectivity index (χ1n) is 6.93. The molecule has 0 saturated carbocycles. The summed E-state index contributed by atoms with van der Waals surface area (Å²) in [5.41, 5.74) is 2.64. The van der Waals surface area contributed by atoms with Crippen LogP contribution in [0.2, 0.25) is 0 Å². The first-order chi connectivity index (χ1) is 9.02. The Bertz CT molecular complexity index is 525. The maximum Gasteiger partial charge on any atom is 0.0558 e. The zero-order chi connectivity index (χ0) is 13.9. The van der Waals surface area contributed by atoms with E-state index in [0.717, 1.165) is 19.5 Å². The van der Waals surface area contributed by atoms with Crippen LogP contribution in [0.25, 0.3) is 10.9 Å². The number of rotatable bonds is 5. The zero-order valence-corrected chi connectivity index (χ0v) is 12.1. The van der Waals surface area contributed by atoms with Crippen LogP contribution < -0.4 is 0 Å². The van der Waals surface area contributed by atoms with E-state index in [1.807, 2.05) is 0 Å². The summed E-state index contributed by atoms with van der Waals surface area (Å²) in [5, 5.41) is 10.5. The fourth-order valence-corrected chi connectivity index (χ4v) is 2.50. The number of hydrogen-bond donors (Lipinski definition) is 2. The quantitative estimate of drug-likeness (QED) is 0.867. The van der Waals surface area contributed by atoms with Crippen LogP contribution >= 0.6 is 0 Å². The van der Waals surface area contributed by atoms with Crippen LogP contribution in [0.15, 0.2) is 30.5 Å². The van der Waals surface area contributed by atoms with Gasteiger partial charge in [0.05, 0.1) is 6.61 Å². The molecule has 0 saturated heterocycles. The predicted octanol–water partition coefficient (Wildman–Crippen LogP) is 2.80. The van der Waals surface area contributed by atoms with E-state index in [9.17, 15) is 5.11 Å². The molecule has 0 atom stereocenters. The molecule has 1 aromatic carbocycles. The van der Waals surface area contributed by atoms with Crippen molar-refractivity contribution in [1.29, 1.82) is 0 Å². The number of aliphatic hydroxyl groups is 1. The summed E-state index contributed by atoms with van der Waals surface area (Å²) in [7, 11) is 0. The zero-order valence-electron chi connectivity index (χ0n) is 12.1. The molecule has 0 fully saturated rings. The molecule has 2 N–H and O–H groups in total. The number of aromatic nitrogens is 1. The Morgan fingerprint density at radius 1 is 1.16 bits per heavy atom. The standard InChI is InChI=1S/C16H24N2O/c1-16(2,3)18(10-11-19)9-8-13-12-17-15-7-5-4-6-14(13)15/h4-7,12,17,19H,8-11H2,1-3H3. The fraction of sp³-hybridized carbons (Fsp3) is 0.500. The lowest BCUT2D eigenvalue weighted by atomic mass is 10.0. The molecular formula is C16H24N2O. The number of hydrogen-bond acceptors (Lipinski definition) is 2. The van der Waals surface area contributed by atoms with Crippen LogP contribution in [0.4, 0.5) is 0 Å². The highest BCUT2D eigenvalue weighted by atomic mass is 16.3. The van der Waals surface area contributed by atoms with E-state index >= 15 is 0 Å². The van der Waals surface area contributed by atoms with Crippen LogP contribution in [0.1, 0.15) is 26.3 Å². The summed E-state index contributed by atoms with van der Waals surface area (Å²) in [5.74, 6) is 0. The van der Waals surface area contributed by atoms with Crippen molar-refractivity contribution >= 4 is 10.9 Å². The minimum Gasteiger partial charge on any atom is -0.395 e. The molecule has 2 aromatic rings. The van der Waals surface area contributed by atoms with Crippen molar-refractivity contribution in [3.05, 3.63) is 36.0 Å². The summed E-state index contributed by atoms with van der Waals surface area (Å²) >= 11 is 0. The Hall–Kier alpha value is -1.32. The van der Waals surface area contributed by atoms with Gasteiger partial charge in [-0.25, -0.2) is 0 Å². The summed E-state index contributed by atoms with van der Waals surface area (Å²) in [6, 6.07) is 8.40. The number of nitrogens with one attached hydrogen (secondary N) is 1. The lowest BCUT2D eigenvalue weighted by Gasteiger charge is -2.35. The van der Waals surface area contributed by atoms with Crippen molar-refractivity contribution in [3.63, 3.8) is 0 Å². The van der Waals surface area contributed by atoms with E-state index in [1.54, 1.807) is 0 Å². The van der Waals surface area contributed by atoms with E-state index in [0.29, 0.717) is 0 Å². The Labute approximate surface area is 115 Å². The Balaban J connectivity index is 2.08.